The summed E-state index contributed by atoms with van der Waals surface area (Å²) in [6.07, 6.45) is 1.48. The maximum absolute atomic E-state index is 14.6. The summed E-state index contributed by atoms with van der Waals surface area (Å²) in [4.78, 5) is 20.6. The third-order valence-corrected chi connectivity index (χ3v) is 5.79. The predicted octanol–water partition coefficient (Wildman–Crippen LogP) is 4.82. The van der Waals surface area contributed by atoms with Crippen LogP contribution >= 0.6 is 0 Å². The van der Waals surface area contributed by atoms with Gasteiger partial charge >= 0.3 is 6.03 Å². The number of benzene rings is 2. The van der Waals surface area contributed by atoms with E-state index in [0.29, 0.717) is 53.8 Å². The zero-order valence-corrected chi connectivity index (χ0v) is 20.7. The Bertz CT molecular complexity index is 1390. The van der Waals surface area contributed by atoms with Crippen LogP contribution in [0.15, 0.2) is 48.8 Å². The molecular formula is C26H29FN6O3. The van der Waals surface area contributed by atoms with Crippen LogP contribution in [0.1, 0.15) is 12.6 Å². The molecule has 0 fully saturated rings. The zero-order valence-electron chi connectivity index (χ0n) is 20.7. The first kappa shape index (κ1) is 24.8. The lowest BCUT2D eigenvalue weighted by molar-refractivity contribution is 0.252. The van der Waals surface area contributed by atoms with Crippen molar-refractivity contribution in [3.8, 4) is 22.8 Å². The second-order valence-electron chi connectivity index (χ2n) is 8.06. The molecule has 0 radical (unpaired) electrons. The van der Waals surface area contributed by atoms with Gasteiger partial charge in [-0.1, -0.05) is 6.07 Å². The van der Waals surface area contributed by atoms with Gasteiger partial charge in [-0.15, -0.1) is 0 Å². The quantitative estimate of drug-likeness (QED) is 0.310. The fourth-order valence-electron chi connectivity index (χ4n) is 4.09. The Balaban J connectivity index is 1.49. The molecule has 0 saturated heterocycles. The van der Waals surface area contributed by atoms with Gasteiger partial charge in [-0.05, 0) is 44.2 Å². The van der Waals surface area contributed by atoms with Gasteiger partial charge in [0.25, 0.3) is 0 Å². The molecular weight excluding hydrogens is 463 g/mol. The highest BCUT2D eigenvalue weighted by molar-refractivity contribution is 5.91. The molecule has 3 N–H and O–H groups in total. The fraction of sp³-hybridized carbons (Fsp3) is 0.269. The molecule has 2 aromatic heterocycles. The molecule has 0 aliphatic carbocycles. The Hall–Kier alpha value is -4.34. The number of ether oxygens (including phenoxy) is 2. The number of fused-ring (bicyclic) bond motifs is 1. The minimum absolute atomic E-state index is 0.290. The van der Waals surface area contributed by atoms with E-state index in [9.17, 15) is 9.18 Å². The molecule has 10 heteroatoms. The van der Waals surface area contributed by atoms with E-state index < -0.39 is 0 Å². The van der Waals surface area contributed by atoms with Crippen LogP contribution in [0, 0.1) is 12.7 Å². The molecule has 0 spiro atoms. The number of aryl methyl sites for hydroxylation is 1. The minimum Gasteiger partial charge on any atom is -0.496 e. The first-order valence-electron chi connectivity index (χ1n) is 11.6. The van der Waals surface area contributed by atoms with Gasteiger partial charge in [-0.3, -0.25) is 0 Å². The van der Waals surface area contributed by atoms with Crippen LogP contribution in [0.25, 0.3) is 22.2 Å². The normalized spacial score (nSPS) is 10.8. The van der Waals surface area contributed by atoms with Crippen LogP contribution in [-0.4, -0.2) is 47.9 Å². The lowest BCUT2D eigenvalue weighted by Crippen LogP contribution is -2.28. The van der Waals surface area contributed by atoms with Crippen LogP contribution < -0.4 is 25.4 Å². The molecule has 4 aromatic rings. The number of nitrogens with one attached hydrogen (secondary N) is 3. The van der Waals surface area contributed by atoms with E-state index in [2.05, 4.69) is 25.9 Å². The highest BCUT2D eigenvalue weighted by Gasteiger charge is 2.14. The molecule has 4 rings (SSSR count). The number of hydrogen-bond donors (Lipinski definition) is 3. The summed E-state index contributed by atoms with van der Waals surface area (Å²) in [5.41, 5.74) is 3.50. The summed E-state index contributed by atoms with van der Waals surface area (Å²) in [6.45, 7) is 5.37. The lowest BCUT2D eigenvalue weighted by Gasteiger charge is -2.13. The number of amides is 2. The van der Waals surface area contributed by atoms with Gasteiger partial charge < -0.3 is 30.0 Å². The van der Waals surface area contributed by atoms with E-state index in [1.54, 1.807) is 32.4 Å². The van der Waals surface area contributed by atoms with Crippen molar-refractivity contribution in [2.75, 3.05) is 37.9 Å². The standard InChI is InChI=1S/C26H29FN6O3/c1-5-28-26(34)32-20-8-6-17(13-23(20)36-4)21-14-24(31-15-30-21)29-10-11-33-16(2)12-18-22(35-3)9-7-19(27)25(18)33/h6-9,12-15H,5,10-11H2,1-4H3,(H2,28,32,34)(H,29,30,31). The maximum Gasteiger partial charge on any atom is 0.319 e. The summed E-state index contributed by atoms with van der Waals surface area (Å²) in [5, 5.41) is 9.49. The molecule has 0 aliphatic rings. The number of anilines is 2. The molecule has 9 nitrogen and oxygen atoms in total. The van der Waals surface area contributed by atoms with Gasteiger partial charge in [0.2, 0.25) is 0 Å². The van der Waals surface area contributed by atoms with Crippen LogP contribution in [0.3, 0.4) is 0 Å². The molecule has 2 heterocycles. The Labute approximate surface area is 208 Å². The highest BCUT2D eigenvalue weighted by Crippen LogP contribution is 2.32. The van der Waals surface area contributed by atoms with Crippen molar-refractivity contribution < 1.29 is 18.7 Å². The third-order valence-electron chi connectivity index (χ3n) is 5.79. The Morgan fingerprint density at radius 2 is 1.86 bits per heavy atom. The van der Waals surface area contributed by atoms with Gasteiger partial charge in [-0.25, -0.2) is 19.2 Å². The van der Waals surface area contributed by atoms with Crippen molar-refractivity contribution in [2.24, 2.45) is 0 Å². The fourth-order valence-corrected chi connectivity index (χ4v) is 4.09. The number of rotatable bonds is 9. The van der Waals surface area contributed by atoms with Gasteiger partial charge in [0, 0.05) is 42.3 Å². The third kappa shape index (κ3) is 5.17. The van der Waals surface area contributed by atoms with Crippen molar-refractivity contribution in [1.29, 1.82) is 0 Å². The first-order chi connectivity index (χ1) is 17.4. The van der Waals surface area contributed by atoms with E-state index in [1.165, 1.54) is 12.4 Å². The molecule has 188 valence electrons. The van der Waals surface area contributed by atoms with Crippen molar-refractivity contribution in [3.05, 3.63) is 60.3 Å². The smallest absolute Gasteiger partial charge is 0.319 e. The van der Waals surface area contributed by atoms with Crippen LogP contribution in [0.2, 0.25) is 0 Å². The first-order valence-corrected chi connectivity index (χ1v) is 11.6. The van der Waals surface area contributed by atoms with E-state index in [1.807, 2.05) is 36.6 Å². The number of nitrogens with zero attached hydrogens (tertiary/aromatic N) is 3. The molecule has 2 aromatic carbocycles. The van der Waals surface area contributed by atoms with Gasteiger partial charge in [0.15, 0.2) is 0 Å². The van der Waals surface area contributed by atoms with Crippen LogP contribution in [-0.2, 0) is 6.54 Å². The number of methoxy groups -OCH3 is 2. The Kier molecular flexibility index (Phi) is 7.53. The van der Waals surface area contributed by atoms with E-state index >= 15 is 0 Å². The average molecular weight is 493 g/mol. The Morgan fingerprint density at radius 3 is 2.61 bits per heavy atom. The van der Waals surface area contributed by atoms with Gasteiger partial charge in [0.1, 0.15) is 29.5 Å². The zero-order chi connectivity index (χ0) is 25.7. The SMILES string of the molecule is CCNC(=O)Nc1ccc(-c2cc(NCCn3c(C)cc4c(OC)ccc(F)c43)ncn2)cc1OC. The largest absolute Gasteiger partial charge is 0.496 e. The topological polar surface area (TPSA) is 102 Å². The summed E-state index contributed by atoms with van der Waals surface area (Å²) < 4.78 is 27.4. The second kappa shape index (κ2) is 10.9. The highest BCUT2D eigenvalue weighted by atomic mass is 19.1. The van der Waals surface area contributed by atoms with E-state index in [0.717, 1.165) is 16.6 Å². The van der Waals surface area contributed by atoms with Crippen LogP contribution in [0.4, 0.5) is 20.7 Å². The maximum atomic E-state index is 14.6. The predicted molar refractivity (Wildman–Crippen MR) is 138 cm³/mol. The molecule has 0 atom stereocenters. The van der Waals surface area contributed by atoms with Crippen molar-refractivity contribution in [1.82, 2.24) is 19.9 Å². The number of urea groups is 1. The summed E-state index contributed by atoms with van der Waals surface area (Å²) in [7, 11) is 3.12. The number of hydrogen-bond acceptors (Lipinski definition) is 6. The van der Waals surface area contributed by atoms with E-state index in [4.69, 9.17) is 9.47 Å². The molecule has 0 saturated carbocycles. The summed E-state index contributed by atoms with van der Waals surface area (Å²) >= 11 is 0. The number of aromatic nitrogens is 3. The van der Waals surface area contributed by atoms with Gasteiger partial charge in [-0.2, -0.15) is 0 Å². The summed E-state index contributed by atoms with van der Waals surface area (Å²) in [5.74, 6) is 1.50. The van der Waals surface area contributed by atoms with Gasteiger partial charge in [0.05, 0.1) is 31.1 Å². The monoisotopic (exact) mass is 492 g/mol. The van der Waals surface area contributed by atoms with Crippen LogP contribution in [0.5, 0.6) is 11.5 Å². The second-order valence-corrected chi connectivity index (χ2v) is 8.06. The molecule has 0 unspecified atom stereocenters. The van der Waals surface area contributed by atoms with Crippen molar-refractivity contribution in [3.63, 3.8) is 0 Å². The number of halogens is 1. The molecule has 2 amide bonds. The number of carbonyl (C=O) groups is 1. The van der Waals surface area contributed by atoms with E-state index in [-0.39, 0.29) is 11.8 Å². The molecule has 0 aliphatic heterocycles. The van der Waals surface area contributed by atoms with Crippen molar-refractivity contribution in [2.45, 2.75) is 20.4 Å². The minimum atomic E-state index is -0.305. The Morgan fingerprint density at radius 1 is 1.06 bits per heavy atom. The molecule has 0 bridgehead atoms. The summed E-state index contributed by atoms with van der Waals surface area (Å²) in [6, 6.07) is 11.9. The van der Waals surface area contributed by atoms with Crippen molar-refractivity contribution >= 4 is 28.4 Å². The number of carbonyl (C=O) groups excluding carboxylic acids is 1. The average Bonchev–Trinajstić information content (AvgIpc) is 3.21. The lowest BCUT2D eigenvalue weighted by atomic mass is 10.1. The molecule has 36 heavy (non-hydrogen) atoms.